The lowest BCUT2D eigenvalue weighted by Gasteiger charge is -2.23. The van der Waals surface area contributed by atoms with Crippen LogP contribution in [-0.2, 0) is 14.3 Å². The molecule has 0 saturated carbocycles. The van der Waals surface area contributed by atoms with E-state index in [-0.39, 0.29) is 12.5 Å². The zero-order chi connectivity index (χ0) is 15.5. The van der Waals surface area contributed by atoms with Crippen LogP contribution in [0.1, 0.15) is 12.8 Å². The average Bonchev–Trinajstić information content (AvgIpc) is 3.20. The Morgan fingerprint density at radius 3 is 2.55 bits per heavy atom. The minimum atomic E-state index is -0.0407. The molecule has 3 fully saturated rings. The van der Waals surface area contributed by atoms with E-state index in [1.807, 2.05) is 0 Å². The first-order valence-corrected chi connectivity index (χ1v) is 8.09. The molecule has 7 nitrogen and oxygen atoms in total. The summed E-state index contributed by atoms with van der Waals surface area (Å²) in [5, 5.41) is 5.96. The highest BCUT2D eigenvalue weighted by Crippen LogP contribution is 2.47. The third-order valence-corrected chi connectivity index (χ3v) is 5.00. The molecule has 0 aromatic heterocycles. The second-order valence-electron chi connectivity index (χ2n) is 6.27. The Morgan fingerprint density at radius 1 is 1.27 bits per heavy atom. The summed E-state index contributed by atoms with van der Waals surface area (Å²) in [7, 11) is 3.39. The normalized spacial score (nSPS) is 33.2. The van der Waals surface area contributed by atoms with Crippen molar-refractivity contribution in [2.75, 3.05) is 46.9 Å². The van der Waals surface area contributed by atoms with E-state index in [1.165, 1.54) is 12.8 Å². The highest BCUT2D eigenvalue weighted by molar-refractivity contribution is 5.86. The maximum atomic E-state index is 11.7. The molecule has 3 saturated heterocycles. The molecule has 3 aliphatic rings. The van der Waals surface area contributed by atoms with E-state index in [1.54, 1.807) is 14.2 Å². The Morgan fingerprint density at radius 2 is 1.95 bits per heavy atom. The fourth-order valence-electron chi connectivity index (χ4n) is 3.98. The Hall–Kier alpha value is -1.34. The van der Waals surface area contributed by atoms with Crippen LogP contribution in [0.5, 0.6) is 0 Å². The first-order valence-electron chi connectivity index (χ1n) is 8.09. The van der Waals surface area contributed by atoms with E-state index >= 15 is 0 Å². The van der Waals surface area contributed by atoms with Crippen LogP contribution < -0.4 is 10.6 Å². The summed E-state index contributed by atoms with van der Waals surface area (Å²) < 4.78 is 10.9. The fraction of sp³-hybridized carbons (Fsp3) is 0.867. The van der Waals surface area contributed by atoms with Gasteiger partial charge in [-0.2, -0.15) is 0 Å². The minimum Gasteiger partial charge on any atom is -0.383 e. The van der Waals surface area contributed by atoms with Crippen molar-refractivity contribution >= 4 is 11.9 Å². The number of carbonyl (C=O) groups is 1. The quantitative estimate of drug-likeness (QED) is 0.404. The number of fused-ring (bicyclic) bond motifs is 5. The number of amides is 1. The van der Waals surface area contributed by atoms with E-state index in [4.69, 9.17) is 9.47 Å². The van der Waals surface area contributed by atoms with Crippen LogP contribution in [0.2, 0.25) is 0 Å². The lowest BCUT2D eigenvalue weighted by Crippen LogP contribution is -2.45. The van der Waals surface area contributed by atoms with E-state index in [0.29, 0.717) is 37.2 Å². The van der Waals surface area contributed by atoms with Crippen molar-refractivity contribution in [3.05, 3.63) is 0 Å². The predicted octanol–water partition coefficient (Wildman–Crippen LogP) is -0.566. The van der Waals surface area contributed by atoms with Crippen LogP contribution in [0.4, 0.5) is 0 Å². The second kappa shape index (κ2) is 6.83. The topological polar surface area (TPSA) is 75.2 Å². The molecule has 0 aliphatic carbocycles. The van der Waals surface area contributed by atoms with Crippen LogP contribution in [0.15, 0.2) is 4.99 Å². The van der Waals surface area contributed by atoms with Crippen LogP contribution in [0.25, 0.3) is 0 Å². The van der Waals surface area contributed by atoms with Gasteiger partial charge in [0.15, 0.2) is 5.96 Å². The number of guanidine groups is 1. The van der Waals surface area contributed by atoms with E-state index < -0.39 is 0 Å². The van der Waals surface area contributed by atoms with Gasteiger partial charge in [-0.3, -0.25) is 9.79 Å². The van der Waals surface area contributed by atoms with Gasteiger partial charge < -0.3 is 25.0 Å². The summed E-state index contributed by atoms with van der Waals surface area (Å²) in [6, 6.07) is 0. The van der Waals surface area contributed by atoms with Gasteiger partial charge in [0.25, 0.3) is 0 Å². The largest absolute Gasteiger partial charge is 0.383 e. The number of ether oxygens (including phenoxy) is 2. The standard InChI is InChI=1S/C15H26N4O3/c1-16-15(18-7-14(20)17-5-6-21-2)19-8-10-11(9-19)13-4-3-12(10)22-13/h10-13H,3-9H2,1-2H3,(H,16,18)(H,17,20). The summed E-state index contributed by atoms with van der Waals surface area (Å²) in [4.78, 5) is 18.3. The van der Waals surface area contributed by atoms with Crippen LogP contribution in [0.3, 0.4) is 0 Å². The number of nitrogens with one attached hydrogen (secondary N) is 2. The second-order valence-corrected chi connectivity index (χ2v) is 6.27. The minimum absolute atomic E-state index is 0.0407. The monoisotopic (exact) mass is 310 g/mol. The van der Waals surface area contributed by atoms with Gasteiger partial charge in [0.1, 0.15) is 0 Å². The third-order valence-electron chi connectivity index (χ3n) is 5.00. The predicted molar refractivity (Wildman–Crippen MR) is 82.7 cm³/mol. The lowest BCUT2D eigenvalue weighted by molar-refractivity contribution is -0.120. The van der Waals surface area contributed by atoms with Crippen LogP contribution >= 0.6 is 0 Å². The smallest absolute Gasteiger partial charge is 0.239 e. The van der Waals surface area contributed by atoms with Gasteiger partial charge in [-0.1, -0.05) is 0 Å². The Bertz CT molecular complexity index is 425. The molecule has 3 aliphatic heterocycles. The number of methoxy groups -OCH3 is 1. The zero-order valence-electron chi connectivity index (χ0n) is 13.4. The molecule has 0 radical (unpaired) electrons. The number of likely N-dealkylation sites (tertiary alicyclic amines) is 1. The van der Waals surface area contributed by atoms with Crippen molar-refractivity contribution in [2.45, 2.75) is 25.0 Å². The molecule has 124 valence electrons. The molecule has 1 amide bonds. The van der Waals surface area contributed by atoms with Crippen molar-refractivity contribution in [3.8, 4) is 0 Å². The van der Waals surface area contributed by atoms with Crippen molar-refractivity contribution < 1.29 is 14.3 Å². The highest BCUT2D eigenvalue weighted by atomic mass is 16.5. The first kappa shape index (κ1) is 15.6. The fourth-order valence-corrected chi connectivity index (χ4v) is 3.98. The summed E-state index contributed by atoms with van der Waals surface area (Å²) in [5.41, 5.74) is 0. The summed E-state index contributed by atoms with van der Waals surface area (Å²) in [6.07, 6.45) is 3.28. The molecule has 3 heterocycles. The maximum absolute atomic E-state index is 11.7. The molecule has 0 aromatic rings. The molecular formula is C15H26N4O3. The van der Waals surface area contributed by atoms with E-state index in [0.717, 1.165) is 19.0 Å². The average molecular weight is 310 g/mol. The summed E-state index contributed by atoms with van der Waals surface area (Å²) >= 11 is 0. The zero-order valence-corrected chi connectivity index (χ0v) is 13.4. The van der Waals surface area contributed by atoms with Crippen LogP contribution in [0, 0.1) is 11.8 Å². The summed E-state index contributed by atoms with van der Waals surface area (Å²) in [6.45, 7) is 3.27. The Labute approximate surface area is 131 Å². The SMILES string of the molecule is CN=C(NCC(=O)NCCOC)N1CC2C3CCC(O3)C2C1. The maximum Gasteiger partial charge on any atom is 0.239 e. The van der Waals surface area contributed by atoms with Crippen molar-refractivity contribution in [3.63, 3.8) is 0 Å². The Balaban J connectivity index is 1.46. The summed E-state index contributed by atoms with van der Waals surface area (Å²) in [5.74, 6) is 2.04. The van der Waals surface area contributed by atoms with Gasteiger partial charge in [0.2, 0.25) is 5.91 Å². The van der Waals surface area contributed by atoms with Crippen LogP contribution in [-0.4, -0.2) is 75.9 Å². The molecule has 0 aromatic carbocycles. The number of rotatable bonds is 5. The molecule has 4 unspecified atom stereocenters. The van der Waals surface area contributed by atoms with Crippen molar-refractivity contribution in [2.24, 2.45) is 16.8 Å². The number of hydrogen-bond acceptors (Lipinski definition) is 4. The molecule has 2 bridgehead atoms. The van der Waals surface area contributed by atoms with Gasteiger partial charge in [0, 0.05) is 45.6 Å². The van der Waals surface area contributed by atoms with Crippen molar-refractivity contribution in [1.29, 1.82) is 0 Å². The van der Waals surface area contributed by atoms with Gasteiger partial charge in [-0.25, -0.2) is 0 Å². The van der Waals surface area contributed by atoms with E-state index in [2.05, 4.69) is 20.5 Å². The van der Waals surface area contributed by atoms with Gasteiger partial charge >= 0.3 is 0 Å². The molecular weight excluding hydrogens is 284 g/mol. The van der Waals surface area contributed by atoms with E-state index in [9.17, 15) is 4.79 Å². The lowest BCUT2D eigenvalue weighted by atomic mass is 9.82. The number of aliphatic imine (C=N–C) groups is 1. The third kappa shape index (κ3) is 3.05. The number of carbonyl (C=O) groups excluding carboxylic acids is 1. The molecule has 22 heavy (non-hydrogen) atoms. The molecule has 7 heteroatoms. The van der Waals surface area contributed by atoms with Gasteiger partial charge in [0.05, 0.1) is 25.4 Å². The molecule has 0 spiro atoms. The van der Waals surface area contributed by atoms with Crippen molar-refractivity contribution in [1.82, 2.24) is 15.5 Å². The highest BCUT2D eigenvalue weighted by Gasteiger charge is 2.53. The van der Waals surface area contributed by atoms with Gasteiger partial charge in [-0.15, -0.1) is 0 Å². The first-order chi connectivity index (χ1) is 10.7. The number of nitrogens with zero attached hydrogens (tertiary/aromatic N) is 2. The molecule has 3 rings (SSSR count). The number of hydrogen-bond donors (Lipinski definition) is 2. The molecule has 2 N–H and O–H groups in total. The molecule has 4 atom stereocenters. The van der Waals surface area contributed by atoms with Gasteiger partial charge in [-0.05, 0) is 12.8 Å². The Kier molecular flexibility index (Phi) is 4.83.